The lowest BCUT2D eigenvalue weighted by Gasteiger charge is -2.30. The maximum Gasteiger partial charge on any atom is 0.280 e. The van der Waals surface area contributed by atoms with E-state index in [1.165, 1.54) is 18.8 Å². The van der Waals surface area contributed by atoms with Crippen molar-refractivity contribution in [2.75, 3.05) is 0 Å². The van der Waals surface area contributed by atoms with Crippen molar-refractivity contribution in [3.63, 3.8) is 0 Å². The van der Waals surface area contributed by atoms with Crippen LogP contribution in [0.4, 0.5) is 8.78 Å². The highest BCUT2D eigenvalue weighted by molar-refractivity contribution is 5.33. The van der Waals surface area contributed by atoms with E-state index < -0.39 is 6.43 Å². The maximum absolute atomic E-state index is 13.0. The van der Waals surface area contributed by atoms with Crippen molar-refractivity contribution in [3.8, 4) is 0 Å². The second kappa shape index (κ2) is 4.44. The Bertz CT molecular complexity index is 641. The second-order valence-corrected chi connectivity index (χ2v) is 5.61. The number of nitrogens with one attached hydrogen (secondary N) is 1. The van der Waals surface area contributed by atoms with Crippen molar-refractivity contribution in [2.45, 2.75) is 50.1 Å². The molecule has 2 saturated heterocycles. The predicted octanol–water partition coefficient (Wildman–Crippen LogP) is 2.06. The van der Waals surface area contributed by atoms with E-state index in [2.05, 4.69) is 20.4 Å². The van der Waals surface area contributed by atoms with E-state index >= 15 is 0 Å². The summed E-state index contributed by atoms with van der Waals surface area (Å²) in [6, 6.07) is 2.45. The fraction of sp³-hybridized carbons (Fsp3) is 0.615. The molecule has 2 aromatic rings. The minimum absolute atomic E-state index is 0.207. The van der Waals surface area contributed by atoms with E-state index in [4.69, 9.17) is 0 Å². The number of halogens is 2. The topological polar surface area (TPSA) is 55.1 Å². The average molecular weight is 279 g/mol. The summed E-state index contributed by atoms with van der Waals surface area (Å²) >= 11 is 0. The van der Waals surface area contributed by atoms with Gasteiger partial charge in [-0.3, -0.25) is 0 Å². The lowest BCUT2D eigenvalue weighted by molar-refractivity contribution is 0.146. The Morgan fingerprint density at radius 2 is 2.10 bits per heavy atom. The Kier molecular flexibility index (Phi) is 2.70. The Balaban J connectivity index is 1.83. The molecule has 2 aliphatic rings. The molecule has 0 aromatic carbocycles. The van der Waals surface area contributed by atoms with Crippen molar-refractivity contribution < 1.29 is 8.78 Å². The molecule has 0 saturated carbocycles. The van der Waals surface area contributed by atoms with Gasteiger partial charge in [0.25, 0.3) is 12.2 Å². The van der Waals surface area contributed by atoms with E-state index in [9.17, 15) is 8.78 Å². The van der Waals surface area contributed by atoms with Crippen LogP contribution in [-0.2, 0) is 0 Å². The number of hydrogen-bond acceptors (Lipinski definition) is 4. The van der Waals surface area contributed by atoms with Crippen LogP contribution in [0.1, 0.15) is 49.4 Å². The summed E-state index contributed by atoms with van der Waals surface area (Å²) in [5.74, 6) is 0.469. The van der Waals surface area contributed by atoms with Gasteiger partial charge in [0.2, 0.25) is 0 Å². The van der Waals surface area contributed by atoms with Crippen LogP contribution < -0.4 is 5.32 Å². The number of aromatic nitrogens is 4. The first-order chi connectivity index (χ1) is 9.72. The van der Waals surface area contributed by atoms with E-state index in [0.717, 1.165) is 25.0 Å². The van der Waals surface area contributed by atoms with Crippen LogP contribution in [0.5, 0.6) is 0 Å². The van der Waals surface area contributed by atoms with Crippen LogP contribution in [0.3, 0.4) is 0 Å². The van der Waals surface area contributed by atoms with E-state index in [0.29, 0.717) is 12.1 Å². The van der Waals surface area contributed by atoms with Gasteiger partial charge in [-0.1, -0.05) is 0 Å². The molecule has 0 spiro atoms. The van der Waals surface area contributed by atoms with Crippen LogP contribution in [0.15, 0.2) is 12.4 Å². The van der Waals surface area contributed by atoms with Gasteiger partial charge in [-0.05, 0) is 31.7 Å². The Morgan fingerprint density at radius 1 is 1.25 bits per heavy atom. The molecular weight excluding hydrogens is 264 g/mol. The van der Waals surface area contributed by atoms with Crippen molar-refractivity contribution in [1.82, 2.24) is 24.9 Å². The molecule has 20 heavy (non-hydrogen) atoms. The third-order valence-electron chi connectivity index (χ3n) is 4.49. The second-order valence-electron chi connectivity index (χ2n) is 5.61. The van der Waals surface area contributed by atoms with Gasteiger partial charge in [-0.25, -0.2) is 18.3 Å². The summed E-state index contributed by atoms with van der Waals surface area (Å²) in [6.07, 6.45) is 3.15. The number of fused-ring (bicyclic) bond motifs is 3. The van der Waals surface area contributed by atoms with Gasteiger partial charge in [0.1, 0.15) is 12.0 Å². The first-order valence-corrected chi connectivity index (χ1v) is 6.97. The molecular formula is C13H15F2N5. The number of hydrogen-bond donors (Lipinski definition) is 1. The van der Waals surface area contributed by atoms with E-state index in [1.54, 1.807) is 4.52 Å². The first kappa shape index (κ1) is 12.1. The molecule has 2 aliphatic heterocycles. The van der Waals surface area contributed by atoms with Gasteiger partial charge in [-0.2, -0.15) is 10.1 Å². The highest BCUT2D eigenvalue weighted by Gasteiger charge is 2.37. The smallest absolute Gasteiger partial charge is 0.280 e. The van der Waals surface area contributed by atoms with Crippen molar-refractivity contribution in [1.29, 1.82) is 0 Å². The third kappa shape index (κ3) is 1.80. The Hall–Kier alpha value is -1.63. The summed E-state index contributed by atoms with van der Waals surface area (Å²) in [5, 5.41) is 7.72. The maximum atomic E-state index is 13.0. The van der Waals surface area contributed by atoms with Crippen molar-refractivity contribution >= 4 is 5.78 Å². The van der Waals surface area contributed by atoms with Crippen LogP contribution in [0, 0.1) is 0 Å². The molecule has 0 amide bonds. The third-order valence-corrected chi connectivity index (χ3v) is 4.49. The number of piperidine rings is 1. The van der Waals surface area contributed by atoms with Crippen LogP contribution in [0.2, 0.25) is 0 Å². The van der Waals surface area contributed by atoms with Gasteiger partial charge in [0.15, 0.2) is 0 Å². The fourth-order valence-electron chi connectivity index (χ4n) is 3.56. The largest absolute Gasteiger partial charge is 0.311 e. The minimum Gasteiger partial charge on any atom is -0.311 e. The molecule has 1 N–H and O–H groups in total. The summed E-state index contributed by atoms with van der Waals surface area (Å²) in [6.45, 7) is 0. The Labute approximate surface area is 114 Å². The van der Waals surface area contributed by atoms with E-state index in [1.807, 2.05) is 0 Å². The lowest BCUT2D eigenvalue weighted by atomic mass is 9.88. The molecule has 2 bridgehead atoms. The summed E-state index contributed by atoms with van der Waals surface area (Å²) < 4.78 is 27.6. The quantitative estimate of drug-likeness (QED) is 0.914. The highest BCUT2D eigenvalue weighted by Crippen LogP contribution is 2.38. The molecule has 3 atom stereocenters. The number of rotatable bonds is 2. The zero-order valence-corrected chi connectivity index (χ0v) is 10.8. The highest BCUT2D eigenvalue weighted by atomic mass is 19.3. The molecule has 0 radical (unpaired) electrons. The van der Waals surface area contributed by atoms with Crippen molar-refractivity contribution in [2.24, 2.45) is 0 Å². The van der Waals surface area contributed by atoms with Gasteiger partial charge in [0.05, 0.1) is 5.69 Å². The monoisotopic (exact) mass is 279 g/mol. The first-order valence-electron chi connectivity index (χ1n) is 6.97. The van der Waals surface area contributed by atoms with Crippen molar-refractivity contribution in [3.05, 3.63) is 23.8 Å². The normalized spacial score (nSPS) is 29.4. The van der Waals surface area contributed by atoms with Crippen LogP contribution in [-0.4, -0.2) is 31.7 Å². The van der Waals surface area contributed by atoms with Gasteiger partial charge in [-0.15, -0.1) is 0 Å². The molecule has 2 fully saturated rings. The average Bonchev–Trinajstić information content (AvgIpc) is 3.05. The minimum atomic E-state index is -2.58. The zero-order valence-electron chi connectivity index (χ0n) is 10.8. The van der Waals surface area contributed by atoms with Gasteiger partial charge in [0, 0.05) is 18.0 Å². The van der Waals surface area contributed by atoms with Gasteiger partial charge >= 0.3 is 0 Å². The Morgan fingerprint density at radius 3 is 2.95 bits per heavy atom. The number of alkyl halides is 2. The van der Waals surface area contributed by atoms with Crippen LogP contribution >= 0.6 is 0 Å². The molecule has 2 aromatic heterocycles. The molecule has 7 heteroatoms. The van der Waals surface area contributed by atoms with E-state index in [-0.39, 0.29) is 17.4 Å². The molecule has 4 heterocycles. The number of nitrogens with zero attached hydrogens (tertiary/aromatic N) is 4. The molecule has 106 valence electrons. The molecule has 3 unspecified atom stereocenters. The van der Waals surface area contributed by atoms with Gasteiger partial charge < -0.3 is 5.32 Å². The summed E-state index contributed by atoms with van der Waals surface area (Å²) in [5.41, 5.74) is 0.598. The standard InChI is InChI=1S/C13H15F2N5/c14-12(15)10-5-11(20-13(19-10)16-6-17-20)8-3-1-7-2-4-9(8)18-7/h5-9,12,18H,1-4H2. The SMILES string of the molecule is FC(F)c1cc(C2CCC3CCC2N3)n2ncnc2n1. The molecule has 5 nitrogen and oxygen atoms in total. The molecule has 0 aliphatic carbocycles. The predicted molar refractivity (Wildman–Crippen MR) is 67.7 cm³/mol. The van der Waals surface area contributed by atoms with Crippen LogP contribution in [0.25, 0.3) is 5.78 Å². The fourth-order valence-corrected chi connectivity index (χ4v) is 3.56. The summed E-state index contributed by atoms with van der Waals surface area (Å²) in [4.78, 5) is 7.84. The lowest BCUT2D eigenvalue weighted by Crippen LogP contribution is -2.39. The summed E-state index contributed by atoms with van der Waals surface area (Å²) in [7, 11) is 0. The molecule has 4 rings (SSSR count). The zero-order chi connectivity index (χ0) is 13.7.